The number of anilines is 1. The molecule has 27 heavy (non-hydrogen) atoms. The summed E-state index contributed by atoms with van der Waals surface area (Å²) in [5.41, 5.74) is 2.28. The van der Waals surface area contributed by atoms with E-state index in [1.807, 2.05) is 41.7 Å². The molecule has 0 bridgehead atoms. The molecule has 1 heterocycles. The Labute approximate surface area is 167 Å². The Morgan fingerprint density at radius 1 is 1.15 bits per heavy atom. The molecule has 2 aromatic carbocycles. The molecule has 2 aromatic rings. The van der Waals surface area contributed by atoms with E-state index >= 15 is 0 Å². The molecular formula is C19H18N2O3S3. The Bertz CT molecular complexity index is 960. The molecule has 1 saturated heterocycles. The second-order valence-electron chi connectivity index (χ2n) is 5.71. The summed E-state index contributed by atoms with van der Waals surface area (Å²) in [5.74, 6) is 4.20. The van der Waals surface area contributed by atoms with Crippen LogP contribution in [-0.2, 0) is 10.0 Å². The molecule has 0 spiro atoms. The summed E-state index contributed by atoms with van der Waals surface area (Å²) in [6, 6.07) is 13.5. The van der Waals surface area contributed by atoms with Crippen molar-refractivity contribution in [2.75, 3.05) is 23.4 Å². The number of carbonyl (C=O) groups excluding carboxylic acids is 1. The lowest BCUT2D eigenvalue weighted by Crippen LogP contribution is -2.24. The van der Waals surface area contributed by atoms with Gasteiger partial charge in [0.15, 0.2) is 0 Å². The van der Waals surface area contributed by atoms with Gasteiger partial charge in [0.05, 0.1) is 16.0 Å². The molecule has 0 unspecified atom stereocenters. The van der Waals surface area contributed by atoms with Crippen molar-refractivity contribution in [2.24, 2.45) is 0 Å². The smallest absolute Gasteiger partial charge is 0.255 e. The first kappa shape index (κ1) is 19.8. The number of hydrogen-bond acceptors (Lipinski definition) is 5. The number of carbonyl (C=O) groups is 1. The maximum absolute atomic E-state index is 12.5. The van der Waals surface area contributed by atoms with Gasteiger partial charge in [-0.1, -0.05) is 18.1 Å². The minimum atomic E-state index is -3.67. The highest BCUT2D eigenvalue weighted by molar-refractivity contribution is 8.19. The number of rotatable bonds is 6. The number of thioether (sulfide) groups is 2. The van der Waals surface area contributed by atoms with E-state index in [9.17, 15) is 13.2 Å². The molecule has 1 amide bonds. The molecule has 140 valence electrons. The van der Waals surface area contributed by atoms with Crippen LogP contribution in [0.15, 0.2) is 53.4 Å². The Morgan fingerprint density at radius 3 is 2.52 bits per heavy atom. The molecule has 2 N–H and O–H groups in total. The van der Waals surface area contributed by atoms with Gasteiger partial charge in [-0.2, -0.15) is 4.72 Å². The number of amides is 1. The molecule has 1 aliphatic heterocycles. The van der Waals surface area contributed by atoms with Gasteiger partial charge in [0.2, 0.25) is 10.0 Å². The van der Waals surface area contributed by atoms with Crippen LogP contribution in [-0.4, -0.2) is 32.4 Å². The van der Waals surface area contributed by atoms with Crippen molar-refractivity contribution in [3.63, 3.8) is 0 Å². The summed E-state index contributed by atoms with van der Waals surface area (Å²) in [7, 11) is -3.67. The van der Waals surface area contributed by atoms with Crippen LogP contribution in [0.2, 0.25) is 0 Å². The van der Waals surface area contributed by atoms with E-state index in [4.69, 9.17) is 6.42 Å². The minimum absolute atomic E-state index is 0.0616. The number of benzene rings is 2. The van der Waals surface area contributed by atoms with Crippen molar-refractivity contribution in [3.8, 4) is 12.3 Å². The molecular weight excluding hydrogens is 400 g/mol. The first-order valence-electron chi connectivity index (χ1n) is 8.17. The maximum atomic E-state index is 12.5. The molecule has 0 aliphatic carbocycles. The Hall–Kier alpha value is -1.92. The summed E-state index contributed by atoms with van der Waals surface area (Å²) in [6.45, 7) is -0.0848. The van der Waals surface area contributed by atoms with Gasteiger partial charge in [0, 0.05) is 22.8 Å². The molecule has 3 rings (SSSR count). The van der Waals surface area contributed by atoms with Crippen molar-refractivity contribution in [3.05, 3.63) is 59.7 Å². The molecule has 8 heteroatoms. The lowest BCUT2D eigenvalue weighted by atomic mass is 10.2. The van der Waals surface area contributed by atoms with Gasteiger partial charge in [-0.05, 0) is 42.0 Å². The lowest BCUT2D eigenvalue weighted by Gasteiger charge is -2.11. The minimum Gasteiger partial charge on any atom is -0.322 e. The third-order valence-electron chi connectivity index (χ3n) is 3.83. The van der Waals surface area contributed by atoms with Gasteiger partial charge in [-0.3, -0.25) is 4.79 Å². The van der Waals surface area contributed by atoms with Crippen LogP contribution >= 0.6 is 23.5 Å². The first-order chi connectivity index (χ1) is 13.0. The van der Waals surface area contributed by atoms with Gasteiger partial charge in [-0.15, -0.1) is 29.9 Å². The molecule has 0 saturated carbocycles. The predicted molar refractivity (Wildman–Crippen MR) is 113 cm³/mol. The molecule has 1 aliphatic rings. The van der Waals surface area contributed by atoms with Crippen molar-refractivity contribution < 1.29 is 13.2 Å². The number of nitrogens with one attached hydrogen (secondary N) is 2. The summed E-state index contributed by atoms with van der Waals surface area (Å²) in [6.07, 6.45) is 5.07. The van der Waals surface area contributed by atoms with E-state index in [1.165, 1.54) is 29.8 Å². The normalized spacial score (nSPS) is 14.6. The second-order valence-corrected chi connectivity index (χ2v) is 10.2. The SMILES string of the molecule is C#CCNS(=O)(=O)c1ccc(C(=O)Nc2cccc(C3SCCS3)c2)cc1. The zero-order valence-corrected chi connectivity index (χ0v) is 16.8. The van der Waals surface area contributed by atoms with Gasteiger partial charge < -0.3 is 5.32 Å². The van der Waals surface area contributed by atoms with E-state index in [0.717, 1.165) is 17.2 Å². The highest BCUT2D eigenvalue weighted by atomic mass is 32.2. The number of terminal acetylenes is 1. The van der Waals surface area contributed by atoms with Crippen molar-refractivity contribution >= 4 is 45.1 Å². The van der Waals surface area contributed by atoms with E-state index in [2.05, 4.69) is 22.0 Å². The standard InChI is InChI=1S/C19H18N2O3S3/c1-2-10-20-27(23,24)17-8-6-14(7-9-17)18(22)21-16-5-3-4-15(13-16)19-25-11-12-26-19/h1,3-9,13,19-20H,10-12H2,(H,21,22). The van der Waals surface area contributed by atoms with Crippen LogP contribution in [0.5, 0.6) is 0 Å². The Balaban J connectivity index is 1.70. The summed E-state index contributed by atoms with van der Waals surface area (Å²) < 4.78 is 26.7. The highest BCUT2D eigenvalue weighted by Gasteiger charge is 2.19. The van der Waals surface area contributed by atoms with Crippen LogP contribution < -0.4 is 10.0 Å². The fourth-order valence-electron chi connectivity index (χ4n) is 2.52. The van der Waals surface area contributed by atoms with E-state index in [0.29, 0.717) is 10.1 Å². The molecule has 5 nitrogen and oxygen atoms in total. The largest absolute Gasteiger partial charge is 0.322 e. The van der Waals surface area contributed by atoms with Crippen molar-refractivity contribution in [1.82, 2.24) is 4.72 Å². The topological polar surface area (TPSA) is 75.3 Å². The maximum Gasteiger partial charge on any atom is 0.255 e. The third-order valence-corrected chi connectivity index (χ3v) is 8.35. The van der Waals surface area contributed by atoms with Crippen LogP contribution in [0.1, 0.15) is 20.5 Å². The summed E-state index contributed by atoms with van der Waals surface area (Å²) in [5, 5.41) is 2.87. The Kier molecular flexibility index (Phi) is 6.50. The van der Waals surface area contributed by atoms with Crippen LogP contribution in [0.25, 0.3) is 0 Å². The van der Waals surface area contributed by atoms with Crippen LogP contribution in [0.3, 0.4) is 0 Å². The van der Waals surface area contributed by atoms with Gasteiger partial charge >= 0.3 is 0 Å². The first-order valence-corrected chi connectivity index (χ1v) is 11.8. The average Bonchev–Trinajstić information content (AvgIpc) is 3.21. The monoisotopic (exact) mass is 418 g/mol. The predicted octanol–water partition coefficient (Wildman–Crippen LogP) is 3.33. The lowest BCUT2D eigenvalue weighted by molar-refractivity contribution is 0.102. The van der Waals surface area contributed by atoms with Crippen LogP contribution in [0, 0.1) is 12.3 Å². The molecule has 0 aromatic heterocycles. The quantitative estimate of drug-likeness (QED) is 0.704. The second kappa shape index (κ2) is 8.85. The molecule has 1 fully saturated rings. The fraction of sp³-hybridized carbons (Fsp3) is 0.211. The van der Waals surface area contributed by atoms with Crippen molar-refractivity contribution in [1.29, 1.82) is 0 Å². The summed E-state index contributed by atoms with van der Waals surface area (Å²) >= 11 is 3.81. The van der Waals surface area contributed by atoms with E-state index < -0.39 is 10.0 Å². The van der Waals surface area contributed by atoms with E-state index in [-0.39, 0.29) is 17.3 Å². The van der Waals surface area contributed by atoms with E-state index in [1.54, 1.807) is 0 Å². The van der Waals surface area contributed by atoms with Gasteiger partial charge in [-0.25, -0.2) is 8.42 Å². The third kappa shape index (κ3) is 5.08. The zero-order valence-electron chi connectivity index (χ0n) is 14.3. The van der Waals surface area contributed by atoms with Gasteiger partial charge in [0.1, 0.15) is 0 Å². The Morgan fingerprint density at radius 2 is 1.85 bits per heavy atom. The zero-order chi connectivity index (χ0) is 19.3. The molecule has 0 radical (unpaired) electrons. The van der Waals surface area contributed by atoms with Crippen molar-refractivity contribution in [2.45, 2.75) is 9.48 Å². The number of hydrogen-bond donors (Lipinski definition) is 2. The van der Waals surface area contributed by atoms with Gasteiger partial charge in [0.25, 0.3) is 5.91 Å². The highest BCUT2D eigenvalue weighted by Crippen LogP contribution is 2.45. The number of sulfonamides is 1. The summed E-state index contributed by atoms with van der Waals surface area (Å²) in [4.78, 5) is 12.5. The van der Waals surface area contributed by atoms with Crippen LogP contribution in [0.4, 0.5) is 5.69 Å². The average molecular weight is 419 g/mol. The fourth-order valence-corrected chi connectivity index (χ4v) is 6.30. The molecule has 0 atom stereocenters.